The smallest absolute Gasteiger partial charge is 0.343 e. The molecule has 0 radical (unpaired) electrons. The quantitative estimate of drug-likeness (QED) is 0.471. The maximum atomic E-state index is 13.4. The molecule has 1 aromatic carbocycles. The summed E-state index contributed by atoms with van der Waals surface area (Å²) in [6, 6.07) is 3.64. The van der Waals surface area contributed by atoms with Gasteiger partial charge in [-0.15, -0.1) is 0 Å². The number of hydrogen-bond donors (Lipinski definition) is 1. The Bertz CT molecular complexity index is 1440. The molecule has 2 aromatic heterocycles. The molecule has 8 heteroatoms. The van der Waals surface area contributed by atoms with Crippen LogP contribution < -0.4 is 15.0 Å². The van der Waals surface area contributed by atoms with E-state index >= 15 is 0 Å². The molecule has 1 atom stereocenters. The Hall–Kier alpha value is -3.39. The SMILES string of the molecule is CCc1c2c(nc3cc4c(c(C)c13)OCCO4)-c1cc3c(c(=O)n1C2)COC(=O)[C@]3(O)CC. The fourth-order valence-electron chi connectivity index (χ4n) is 5.47. The number of rotatable bonds is 2. The Morgan fingerprint density at radius 3 is 2.67 bits per heavy atom. The van der Waals surface area contributed by atoms with Gasteiger partial charge in [0.05, 0.1) is 29.0 Å². The second-order valence-electron chi connectivity index (χ2n) is 8.79. The maximum Gasteiger partial charge on any atom is 0.343 e. The van der Waals surface area contributed by atoms with Gasteiger partial charge >= 0.3 is 5.97 Å². The summed E-state index contributed by atoms with van der Waals surface area (Å²) in [5.74, 6) is 0.696. The van der Waals surface area contributed by atoms with Crippen LogP contribution in [0.4, 0.5) is 0 Å². The molecule has 0 amide bonds. The average Bonchev–Trinajstić information content (AvgIpc) is 3.19. The second kappa shape index (κ2) is 6.81. The van der Waals surface area contributed by atoms with Crippen molar-refractivity contribution in [2.45, 2.75) is 52.4 Å². The van der Waals surface area contributed by atoms with Gasteiger partial charge in [0.15, 0.2) is 17.1 Å². The fourth-order valence-corrected chi connectivity index (χ4v) is 5.47. The van der Waals surface area contributed by atoms with Crippen LogP contribution in [0, 0.1) is 6.92 Å². The van der Waals surface area contributed by atoms with Crippen LogP contribution in [-0.4, -0.2) is 33.8 Å². The maximum absolute atomic E-state index is 13.4. The molecule has 170 valence electrons. The molecule has 8 nitrogen and oxygen atoms in total. The first-order chi connectivity index (χ1) is 15.9. The van der Waals surface area contributed by atoms with Crippen molar-refractivity contribution in [3.63, 3.8) is 0 Å². The van der Waals surface area contributed by atoms with Crippen LogP contribution in [0.3, 0.4) is 0 Å². The Morgan fingerprint density at radius 1 is 1.12 bits per heavy atom. The lowest BCUT2D eigenvalue weighted by Crippen LogP contribution is -2.44. The predicted octanol–water partition coefficient (Wildman–Crippen LogP) is 2.72. The van der Waals surface area contributed by atoms with E-state index in [1.54, 1.807) is 17.6 Å². The predicted molar refractivity (Wildman–Crippen MR) is 120 cm³/mol. The van der Waals surface area contributed by atoms with Gasteiger partial charge in [-0.2, -0.15) is 0 Å². The lowest BCUT2D eigenvalue weighted by molar-refractivity contribution is -0.172. The number of aryl methyl sites for hydroxylation is 2. The van der Waals surface area contributed by atoms with Crippen molar-refractivity contribution >= 4 is 16.9 Å². The third-order valence-electron chi connectivity index (χ3n) is 7.19. The molecule has 3 aromatic rings. The summed E-state index contributed by atoms with van der Waals surface area (Å²) >= 11 is 0. The molecule has 1 N–H and O–H groups in total. The van der Waals surface area contributed by atoms with E-state index in [-0.39, 0.29) is 18.6 Å². The summed E-state index contributed by atoms with van der Waals surface area (Å²) in [4.78, 5) is 30.8. The average molecular weight is 448 g/mol. The van der Waals surface area contributed by atoms with Gasteiger partial charge < -0.3 is 23.9 Å². The van der Waals surface area contributed by atoms with Crippen molar-refractivity contribution < 1.29 is 24.1 Å². The van der Waals surface area contributed by atoms with Crippen LogP contribution >= 0.6 is 0 Å². The van der Waals surface area contributed by atoms with Crippen molar-refractivity contribution in [3.8, 4) is 22.9 Å². The van der Waals surface area contributed by atoms with E-state index in [2.05, 4.69) is 6.92 Å². The summed E-state index contributed by atoms with van der Waals surface area (Å²) in [6.45, 7) is 7.04. The van der Waals surface area contributed by atoms with Crippen LogP contribution in [0.2, 0.25) is 0 Å². The zero-order valence-electron chi connectivity index (χ0n) is 18.8. The number of nitrogens with zero attached hydrogens (tertiary/aromatic N) is 2. The van der Waals surface area contributed by atoms with Gasteiger partial charge in [-0.05, 0) is 31.4 Å². The second-order valence-corrected chi connectivity index (χ2v) is 8.79. The molecule has 3 aliphatic rings. The van der Waals surface area contributed by atoms with Crippen LogP contribution in [-0.2, 0) is 34.7 Å². The lowest BCUT2D eigenvalue weighted by Gasteiger charge is -2.31. The molecule has 0 spiro atoms. The molecule has 33 heavy (non-hydrogen) atoms. The molecule has 0 unspecified atom stereocenters. The first kappa shape index (κ1) is 20.2. The third-order valence-corrected chi connectivity index (χ3v) is 7.19. The van der Waals surface area contributed by atoms with Crippen LogP contribution in [0.1, 0.15) is 48.1 Å². The largest absolute Gasteiger partial charge is 0.486 e. The van der Waals surface area contributed by atoms with Gasteiger partial charge in [0.2, 0.25) is 0 Å². The van der Waals surface area contributed by atoms with Crippen molar-refractivity contribution in [2.75, 3.05) is 13.2 Å². The number of benzene rings is 1. The lowest BCUT2D eigenvalue weighted by atomic mass is 9.86. The number of aliphatic hydroxyl groups is 1. The standard InChI is InChI=1S/C25H24N2O6/c1-4-13-14-10-27-18(8-16-15(23(27)28)11-33-24(29)25(16,30)5-2)21(14)26-17-9-19-22(12(3)20(13)17)32-7-6-31-19/h8-9,30H,4-7,10-11H2,1-3H3/t25-/m0/s1. The Morgan fingerprint density at radius 2 is 1.91 bits per heavy atom. The van der Waals surface area contributed by atoms with E-state index in [9.17, 15) is 14.7 Å². The van der Waals surface area contributed by atoms with Gasteiger partial charge in [-0.3, -0.25) is 4.79 Å². The summed E-state index contributed by atoms with van der Waals surface area (Å²) < 4.78 is 18.5. The molecule has 0 bridgehead atoms. The van der Waals surface area contributed by atoms with E-state index in [1.807, 2.05) is 13.0 Å². The van der Waals surface area contributed by atoms with Crippen molar-refractivity contribution in [2.24, 2.45) is 0 Å². The summed E-state index contributed by atoms with van der Waals surface area (Å²) in [5, 5.41) is 12.1. The highest BCUT2D eigenvalue weighted by atomic mass is 16.6. The number of carbonyl (C=O) groups is 1. The number of cyclic esters (lactones) is 1. The van der Waals surface area contributed by atoms with E-state index in [1.165, 1.54) is 0 Å². The summed E-state index contributed by atoms with van der Waals surface area (Å²) in [6.07, 6.45) is 0.868. The van der Waals surface area contributed by atoms with Crippen LogP contribution in [0.15, 0.2) is 16.9 Å². The fraction of sp³-hybridized carbons (Fsp3) is 0.400. The number of aromatic nitrogens is 2. The Balaban J connectivity index is 1.66. The zero-order valence-corrected chi connectivity index (χ0v) is 18.8. The van der Waals surface area contributed by atoms with Crippen LogP contribution in [0.5, 0.6) is 11.5 Å². The Kier molecular flexibility index (Phi) is 4.17. The molecule has 0 saturated carbocycles. The highest BCUT2D eigenvalue weighted by Gasteiger charge is 2.45. The highest BCUT2D eigenvalue weighted by Crippen LogP contribution is 2.44. The molecular formula is C25H24N2O6. The highest BCUT2D eigenvalue weighted by molar-refractivity contribution is 5.94. The van der Waals surface area contributed by atoms with Gasteiger partial charge in [-0.1, -0.05) is 13.8 Å². The number of pyridine rings is 2. The summed E-state index contributed by atoms with van der Waals surface area (Å²) in [5.41, 5.74) is 3.72. The molecule has 6 rings (SSSR count). The van der Waals surface area contributed by atoms with Crippen molar-refractivity contribution in [1.29, 1.82) is 0 Å². The molecule has 0 aliphatic carbocycles. The van der Waals surface area contributed by atoms with Crippen molar-refractivity contribution in [3.05, 3.63) is 50.3 Å². The topological polar surface area (TPSA) is 99.9 Å². The van der Waals surface area contributed by atoms with Crippen molar-refractivity contribution in [1.82, 2.24) is 9.55 Å². The Labute approximate surface area is 189 Å². The molecule has 3 aliphatic heterocycles. The van der Waals surface area contributed by atoms with E-state index < -0.39 is 11.6 Å². The molecule has 0 saturated heterocycles. The minimum Gasteiger partial charge on any atom is -0.486 e. The first-order valence-corrected chi connectivity index (χ1v) is 11.3. The number of ether oxygens (including phenoxy) is 3. The molecule has 5 heterocycles. The van der Waals surface area contributed by atoms with E-state index in [0.29, 0.717) is 48.0 Å². The first-order valence-electron chi connectivity index (χ1n) is 11.3. The van der Waals surface area contributed by atoms with Crippen LogP contribution in [0.25, 0.3) is 22.3 Å². The van der Waals surface area contributed by atoms with Gasteiger partial charge in [-0.25, -0.2) is 9.78 Å². The minimum absolute atomic E-state index is 0.114. The van der Waals surface area contributed by atoms with Gasteiger partial charge in [0.1, 0.15) is 19.8 Å². The molecular weight excluding hydrogens is 424 g/mol. The number of esters is 1. The minimum atomic E-state index is -1.84. The third kappa shape index (κ3) is 2.52. The monoisotopic (exact) mass is 448 g/mol. The zero-order chi connectivity index (χ0) is 23.1. The number of carbonyl (C=O) groups excluding carboxylic acids is 1. The van der Waals surface area contributed by atoms with E-state index in [0.717, 1.165) is 39.8 Å². The normalized spacial score (nSPS) is 20.3. The number of hydrogen-bond acceptors (Lipinski definition) is 7. The summed E-state index contributed by atoms with van der Waals surface area (Å²) in [7, 11) is 0. The molecule has 0 fully saturated rings. The van der Waals surface area contributed by atoms with Gasteiger partial charge in [0.25, 0.3) is 5.56 Å². The van der Waals surface area contributed by atoms with E-state index in [4.69, 9.17) is 19.2 Å². The van der Waals surface area contributed by atoms with Gasteiger partial charge in [0, 0.05) is 28.1 Å². The number of fused-ring (bicyclic) bond motifs is 6.